The third kappa shape index (κ3) is 3.39. The van der Waals surface area contributed by atoms with Crippen LogP contribution in [-0.2, 0) is 10.2 Å². The molecule has 0 aliphatic carbocycles. The molecule has 0 saturated carbocycles. The summed E-state index contributed by atoms with van der Waals surface area (Å²) in [6, 6.07) is 12.3. The largest absolute Gasteiger partial charge is 0.399 e. The van der Waals surface area contributed by atoms with Gasteiger partial charge in [0.25, 0.3) is 5.91 Å². The molecule has 8 heteroatoms. The van der Waals surface area contributed by atoms with E-state index in [1.165, 1.54) is 0 Å². The molecular formula is C14H12F2NO4P. The minimum Gasteiger partial charge on any atom is -0.322 e. The maximum absolute atomic E-state index is 13.5. The Bertz CT molecular complexity index is 713. The van der Waals surface area contributed by atoms with Crippen molar-refractivity contribution in [3.8, 4) is 0 Å². The maximum atomic E-state index is 13.5. The normalized spacial score (nSPS) is 12.0. The van der Waals surface area contributed by atoms with Gasteiger partial charge in [0, 0.05) is 16.8 Å². The van der Waals surface area contributed by atoms with Crippen LogP contribution in [0.1, 0.15) is 15.9 Å². The zero-order valence-corrected chi connectivity index (χ0v) is 12.0. The lowest BCUT2D eigenvalue weighted by Crippen LogP contribution is -2.15. The van der Waals surface area contributed by atoms with Crippen molar-refractivity contribution in [2.45, 2.75) is 5.66 Å². The molecule has 116 valence electrons. The number of rotatable bonds is 4. The number of amides is 1. The highest BCUT2D eigenvalue weighted by atomic mass is 31.2. The van der Waals surface area contributed by atoms with Crippen LogP contribution in [0, 0.1) is 0 Å². The van der Waals surface area contributed by atoms with E-state index in [0.29, 0.717) is 5.69 Å². The van der Waals surface area contributed by atoms with E-state index in [2.05, 4.69) is 5.32 Å². The van der Waals surface area contributed by atoms with Gasteiger partial charge in [0.15, 0.2) is 0 Å². The zero-order valence-electron chi connectivity index (χ0n) is 11.1. The summed E-state index contributed by atoms with van der Waals surface area (Å²) in [6.07, 6.45) is 0. The van der Waals surface area contributed by atoms with Crippen molar-refractivity contribution in [2.24, 2.45) is 0 Å². The van der Waals surface area contributed by atoms with Gasteiger partial charge in [-0.25, -0.2) is 0 Å². The predicted molar refractivity (Wildman–Crippen MR) is 76.8 cm³/mol. The smallest absolute Gasteiger partial charge is 0.322 e. The van der Waals surface area contributed by atoms with Crippen molar-refractivity contribution in [3.05, 3.63) is 65.7 Å². The Hall–Kier alpha value is -2.08. The number of halogens is 2. The fourth-order valence-corrected chi connectivity index (χ4v) is 2.20. The van der Waals surface area contributed by atoms with E-state index in [1.54, 1.807) is 30.3 Å². The third-order valence-corrected chi connectivity index (χ3v) is 3.88. The Balaban J connectivity index is 2.19. The second kappa shape index (κ2) is 5.96. The molecule has 0 atom stereocenters. The van der Waals surface area contributed by atoms with Crippen molar-refractivity contribution in [3.63, 3.8) is 0 Å². The molecule has 0 aliphatic rings. The van der Waals surface area contributed by atoms with Crippen LogP contribution in [0.2, 0.25) is 0 Å². The van der Waals surface area contributed by atoms with E-state index >= 15 is 0 Å². The summed E-state index contributed by atoms with van der Waals surface area (Å²) in [5.41, 5.74) is -4.51. The van der Waals surface area contributed by atoms with Crippen LogP contribution in [0.15, 0.2) is 54.6 Å². The van der Waals surface area contributed by atoms with Gasteiger partial charge in [-0.15, -0.1) is 0 Å². The first-order valence-corrected chi connectivity index (χ1v) is 7.73. The quantitative estimate of drug-likeness (QED) is 0.753. The average molecular weight is 327 g/mol. The highest BCUT2D eigenvalue weighted by molar-refractivity contribution is 7.52. The highest BCUT2D eigenvalue weighted by Gasteiger charge is 2.50. The molecule has 0 aromatic heterocycles. The summed E-state index contributed by atoms with van der Waals surface area (Å²) in [5, 5.41) is 2.57. The van der Waals surface area contributed by atoms with Gasteiger partial charge >= 0.3 is 13.3 Å². The third-order valence-electron chi connectivity index (χ3n) is 2.89. The zero-order chi connectivity index (χ0) is 16.4. The van der Waals surface area contributed by atoms with Gasteiger partial charge in [-0.05, 0) is 24.3 Å². The van der Waals surface area contributed by atoms with Crippen LogP contribution in [0.4, 0.5) is 14.5 Å². The van der Waals surface area contributed by atoms with Gasteiger partial charge in [-0.1, -0.05) is 30.3 Å². The minimum atomic E-state index is -5.62. The maximum Gasteiger partial charge on any atom is 0.399 e. The Kier molecular flexibility index (Phi) is 4.42. The standard InChI is InChI=1S/C14H12F2NO4P/c15-14(16,22(19,20)21)11-8-6-10(7-9-11)13(18)17-12-4-2-1-3-5-12/h1-9H,(H,17,18)(H2,19,20,21). The number of hydrogen-bond donors (Lipinski definition) is 3. The van der Waals surface area contributed by atoms with Crippen LogP contribution in [-0.4, -0.2) is 15.7 Å². The number of carbonyl (C=O) groups excluding carboxylic acids is 1. The van der Waals surface area contributed by atoms with Gasteiger partial charge in [-0.2, -0.15) is 8.78 Å². The Morgan fingerprint density at radius 3 is 2.05 bits per heavy atom. The summed E-state index contributed by atoms with van der Waals surface area (Å²) in [7, 11) is -5.62. The molecule has 2 rings (SSSR count). The van der Waals surface area contributed by atoms with Crippen molar-refractivity contribution < 1.29 is 27.9 Å². The monoisotopic (exact) mass is 327 g/mol. The summed E-state index contributed by atoms with van der Waals surface area (Å²) in [5.74, 6) is -0.516. The SMILES string of the molecule is O=C(Nc1ccccc1)c1ccc(C(F)(F)P(=O)(O)O)cc1. The summed E-state index contributed by atoms with van der Waals surface area (Å²) in [4.78, 5) is 29.2. The fourth-order valence-electron chi connectivity index (χ4n) is 1.72. The molecule has 3 N–H and O–H groups in total. The van der Waals surface area contributed by atoms with E-state index in [-0.39, 0.29) is 5.56 Å². The van der Waals surface area contributed by atoms with Crippen molar-refractivity contribution in [2.75, 3.05) is 5.32 Å². The molecule has 0 spiro atoms. The number of nitrogens with one attached hydrogen (secondary N) is 1. The van der Waals surface area contributed by atoms with Gasteiger partial charge in [0.05, 0.1) is 0 Å². The van der Waals surface area contributed by atoms with Crippen molar-refractivity contribution in [1.29, 1.82) is 0 Å². The second-order valence-electron chi connectivity index (χ2n) is 4.48. The van der Waals surface area contributed by atoms with E-state index in [4.69, 9.17) is 9.79 Å². The fraction of sp³-hybridized carbons (Fsp3) is 0.0714. The molecule has 2 aromatic rings. The number of para-hydroxylation sites is 1. The first-order valence-electron chi connectivity index (χ1n) is 6.12. The lowest BCUT2D eigenvalue weighted by molar-refractivity contribution is 0.0564. The number of benzene rings is 2. The Morgan fingerprint density at radius 1 is 1.00 bits per heavy atom. The molecule has 0 radical (unpaired) electrons. The van der Waals surface area contributed by atoms with E-state index in [9.17, 15) is 18.1 Å². The highest BCUT2D eigenvalue weighted by Crippen LogP contribution is 2.59. The molecular weight excluding hydrogens is 315 g/mol. The van der Waals surface area contributed by atoms with Crippen LogP contribution in [0.3, 0.4) is 0 Å². The lowest BCUT2D eigenvalue weighted by Gasteiger charge is -2.18. The minimum absolute atomic E-state index is 0.0918. The molecule has 0 fully saturated rings. The molecule has 22 heavy (non-hydrogen) atoms. The number of carbonyl (C=O) groups is 1. The molecule has 2 aromatic carbocycles. The van der Waals surface area contributed by atoms with Crippen LogP contribution < -0.4 is 5.32 Å². The van der Waals surface area contributed by atoms with Crippen LogP contribution in [0.25, 0.3) is 0 Å². The molecule has 0 heterocycles. The molecule has 0 saturated heterocycles. The molecule has 0 unspecified atom stereocenters. The van der Waals surface area contributed by atoms with E-state index < -0.39 is 24.7 Å². The van der Waals surface area contributed by atoms with E-state index in [0.717, 1.165) is 24.3 Å². The number of alkyl halides is 2. The van der Waals surface area contributed by atoms with Crippen molar-refractivity contribution >= 4 is 19.2 Å². The molecule has 0 aliphatic heterocycles. The first kappa shape index (κ1) is 16.3. The van der Waals surface area contributed by atoms with Gasteiger partial charge in [0.1, 0.15) is 0 Å². The average Bonchev–Trinajstić information content (AvgIpc) is 2.47. The topological polar surface area (TPSA) is 86.6 Å². The molecule has 1 amide bonds. The van der Waals surface area contributed by atoms with Gasteiger partial charge in [0.2, 0.25) is 0 Å². The number of hydrogen-bond acceptors (Lipinski definition) is 2. The summed E-state index contributed by atoms with van der Waals surface area (Å²) >= 11 is 0. The molecule has 0 bridgehead atoms. The first-order chi connectivity index (χ1) is 10.2. The summed E-state index contributed by atoms with van der Waals surface area (Å²) in [6.45, 7) is 0. The van der Waals surface area contributed by atoms with Crippen LogP contribution in [0.5, 0.6) is 0 Å². The van der Waals surface area contributed by atoms with Gasteiger partial charge in [-0.3, -0.25) is 9.36 Å². The van der Waals surface area contributed by atoms with Crippen LogP contribution >= 0.6 is 7.60 Å². The summed E-state index contributed by atoms with van der Waals surface area (Å²) < 4.78 is 37.7. The van der Waals surface area contributed by atoms with Crippen molar-refractivity contribution in [1.82, 2.24) is 0 Å². The molecule has 5 nitrogen and oxygen atoms in total. The predicted octanol–water partition coefficient (Wildman–Crippen LogP) is 3.17. The Morgan fingerprint density at radius 2 is 1.55 bits per heavy atom. The Labute approximate surface area is 124 Å². The second-order valence-corrected chi connectivity index (χ2v) is 6.13. The lowest BCUT2D eigenvalue weighted by atomic mass is 10.1. The number of anilines is 1. The van der Waals surface area contributed by atoms with Gasteiger partial charge < -0.3 is 15.1 Å². The van der Waals surface area contributed by atoms with E-state index in [1.807, 2.05) is 0 Å².